The van der Waals surface area contributed by atoms with Crippen molar-refractivity contribution in [1.29, 1.82) is 0 Å². The Bertz CT molecular complexity index is 923. The molecule has 0 bridgehead atoms. The van der Waals surface area contributed by atoms with Crippen LogP contribution in [0.1, 0.15) is 35.4 Å². The van der Waals surface area contributed by atoms with Gasteiger partial charge in [-0.3, -0.25) is 9.59 Å². The molecule has 4 rings (SSSR count). The number of carbonyl (C=O) groups excluding carboxylic acids is 2. The maximum atomic E-state index is 12.8. The normalized spacial score (nSPS) is 16.0. The molecule has 0 atom stereocenters. The molecule has 0 saturated heterocycles. The first-order chi connectivity index (χ1) is 14.1. The van der Waals surface area contributed by atoms with Gasteiger partial charge in [-0.2, -0.15) is 0 Å². The lowest BCUT2D eigenvalue weighted by molar-refractivity contribution is -0.131. The highest BCUT2D eigenvalue weighted by Crippen LogP contribution is 2.32. The minimum Gasteiger partial charge on any atom is -0.493 e. The number of hydrogen-bond acceptors (Lipinski definition) is 6. The second-order valence-corrected chi connectivity index (χ2v) is 8.52. The summed E-state index contributed by atoms with van der Waals surface area (Å²) >= 11 is 1.48. The predicted octanol–water partition coefficient (Wildman–Crippen LogP) is 3.03. The molecule has 0 unspecified atom stereocenters. The van der Waals surface area contributed by atoms with Crippen molar-refractivity contribution in [1.82, 2.24) is 9.88 Å². The van der Waals surface area contributed by atoms with E-state index in [1.54, 1.807) is 14.2 Å². The zero-order valence-electron chi connectivity index (χ0n) is 16.7. The highest BCUT2D eigenvalue weighted by Gasteiger charge is 2.28. The maximum Gasteiger partial charge on any atom is 0.229 e. The van der Waals surface area contributed by atoms with E-state index in [4.69, 9.17) is 9.47 Å². The molecule has 1 aliphatic carbocycles. The Morgan fingerprint density at radius 2 is 2.03 bits per heavy atom. The summed E-state index contributed by atoms with van der Waals surface area (Å²) in [6.07, 6.45) is 4.08. The lowest BCUT2D eigenvalue weighted by atomic mass is 9.85. The second kappa shape index (κ2) is 8.41. The molecule has 1 N–H and O–H groups in total. The summed E-state index contributed by atoms with van der Waals surface area (Å²) < 4.78 is 10.6. The quantitative estimate of drug-likeness (QED) is 0.784. The molecule has 1 saturated carbocycles. The van der Waals surface area contributed by atoms with Gasteiger partial charge in [0.15, 0.2) is 16.6 Å². The summed E-state index contributed by atoms with van der Waals surface area (Å²) in [6, 6.07) is 5.54. The molecule has 0 spiro atoms. The van der Waals surface area contributed by atoms with Crippen LogP contribution >= 0.6 is 11.3 Å². The highest BCUT2D eigenvalue weighted by atomic mass is 32.1. The first-order valence-corrected chi connectivity index (χ1v) is 10.7. The van der Waals surface area contributed by atoms with E-state index in [2.05, 4.69) is 10.3 Å². The van der Waals surface area contributed by atoms with E-state index in [9.17, 15) is 9.59 Å². The van der Waals surface area contributed by atoms with Gasteiger partial charge in [0.25, 0.3) is 0 Å². The van der Waals surface area contributed by atoms with E-state index < -0.39 is 0 Å². The number of anilines is 1. The second-order valence-electron chi connectivity index (χ2n) is 7.44. The number of amides is 2. The van der Waals surface area contributed by atoms with Crippen LogP contribution in [-0.2, 0) is 29.0 Å². The SMILES string of the molecule is COc1ccc(CC(=O)N2CCc3nc(NC(=O)C4CCC4)sc3C2)cc1OC. The van der Waals surface area contributed by atoms with E-state index in [1.165, 1.54) is 11.3 Å². The van der Waals surface area contributed by atoms with Crippen molar-refractivity contribution in [3.8, 4) is 11.5 Å². The largest absolute Gasteiger partial charge is 0.493 e. The Morgan fingerprint density at radius 1 is 1.24 bits per heavy atom. The summed E-state index contributed by atoms with van der Waals surface area (Å²) in [5, 5.41) is 3.60. The third-order valence-corrected chi connectivity index (χ3v) is 6.59. The van der Waals surface area contributed by atoms with Gasteiger partial charge >= 0.3 is 0 Å². The van der Waals surface area contributed by atoms with E-state index >= 15 is 0 Å². The molecule has 1 fully saturated rings. The number of nitrogens with zero attached hydrogens (tertiary/aromatic N) is 2. The molecule has 1 aliphatic heterocycles. The Hall–Kier alpha value is -2.61. The minimum absolute atomic E-state index is 0.0660. The molecule has 1 aromatic heterocycles. The van der Waals surface area contributed by atoms with Crippen LogP contribution in [0.4, 0.5) is 5.13 Å². The molecular formula is C21H25N3O4S. The summed E-state index contributed by atoms with van der Waals surface area (Å²) in [5.41, 5.74) is 1.88. The minimum atomic E-state index is 0.0660. The van der Waals surface area contributed by atoms with Crippen LogP contribution in [0.5, 0.6) is 11.5 Å². The van der Waals surface area contributed by atoms with Crippen LogP contribution in [0.3, 0.4) is 0 Å². The van der Waals surface area contributed by atoms with Crippen molar-refractivity contribution in [3.05, 3.63) is 34.3 Å². The number of ether oxygens (including phenoxy) is 2. The van der Waals surface area contributed by atoms with Crippen molar-refractivity contribution in [2.24, 2.45) is 5.92 Å². The molecular weight excluding hydrogens is 390 g/mol. The number of aromatic nitrogens is 1. The van der Waals surface area contributed by atoms with E-state index in [0.29, 0.717) is 42.6 Å². The standard InChI is InChI=1S/C21H25N3O4S/c1-27-16-7-6-13(10-17(16)28-2)11-19(25)24-9-8-15-18(12-24)29-21(22-15)23-20(26)14-4-3-5-14/h6-7,10,14H,3-5,8-9,11-12H2,1-2H3,(H,22,23,26). The van der Waals surface area contributed by atoms with Crippen LogP contribution in [0, 0.1) is 5.92 Å². The van der Waals surface area contributed by atoms with Crippen LogP contribution in [0.15, 0.2) is 18.2 Å². The number of carbonyl (C=O) groups is 2. The number of nitrogens with one attached hydrogen (secondary N) is 1. The fourth-order valence-electron chi connectivity index (χ4n) is 3.62. The number of hydrogen-bond donors (Lipinski definition) is 1. The fraction of sp³-hybridized carbons (Fsp3) is 0.476. The van der Waals surface area contributed by atoms with Crippen molar-refractivity contribution >= 4 is 28.3 Å². The molecule has 2 aromatic rings. The first-order valence-electron chi connectivity index (χ1n) is 9.85. The molecule has 8 heteroatoms. The predicted molar refractivity (Wildman–Crippen MR) is 110 cm³/mol. The number of rotatable bonds is 6. The fourth-order valence-corrected chi connectivity index (χ4v) is 4.64. The van der Waals surface area contributed by atoms with Crippen LogP contribution in [0.25, 0.3) is 0 Å². The smallest absolute Gasteiger partial charge is 0.229 e. The molecule has 154 valence electrons. The average molecular weight is 416 g/mol. The van der Waals surface area contributed by atoms with E-state index in [1.807, 2.05) is 23.1 Å². The van der Waals surface area contributed by atoms with Gasteiger partial charge in [-0.1, -0.05) is 23.8 Å². The third kappa shape index (κ3) is 4.22. The number of fused-ring (bicyclic) bond motifs is 1. The number of thiazole rings is 1. The van der Waals surface area contributed by atoms with Gasteiger partial charge in [-0.25, -0.2) is 4.98 Å². The van der Waals surface area contributed by atoms with Gasteiger partial charge in [0, 0.05) is 23.8 Å². The molecule has 2 aliphatic rings. The van der Waals surface area contributed by atoms with Gasteiger partial charge in [-0.05, 0) is 30.5 Å². The van der Waals surface area contributed by atoms with Crippen LogP contribution in [0.2, 0.25) is 0 Å². The Kier molecular flexibility index (Phi) is 5.71. The molecule has 7 nitrogen and oxygen atoms in total. The Labute approximate surface area is 174 Å². The van der Waals surface area contributed by atoms with Gasteiger partial charge in [0.1, 0.15) is 0 Å². The molecule has 1 aromatic carbocycles. The maximum absolute atomic E-state index is 12.8. The number of benzene rings is 1. The summed E-state index contributed by atoms with van der Waals surface area (Å²) in [4.78, 5) is 32.5. The number of methoxy groups -OCH3 is 2. The monoisotopic (exact) mass is 415 g/mol. The summed E-state index contributed by atoms with van der Waals surface area (Å²) in [7, 11) is 3.17. The lowest BCUT2D eigenvalue weighted by Gasteiger charge is -2.26. The lowest BCUT2D eigenvalue weighted by Crippen LogP contribution is -2.36. The molecule has 2 heterocycles. The zero-order valence-corrected chi connectivity index (χ0v) is 17.5. The van der Waals surface area contributed by atoms with Gasteiger partial charge < -0.3 is 19.7 Å². The molecule has 0 radical (unpaired) electrons. The van der Waals surface area contributed by atoms with E-state index in [0.717, 1.165) is 35.4 Å². The van der Waals surface area contributed by atoms with Crippen molar-refractivity contribution in [3.63, 3.8) is 0 Å². The molecule has 2 amide bonds. The first kappa shape index (κ1) is 19.7. The topological polar surface area (TPSA) is 80.8 Å². The molecule has 29 heavy (non-hydrogen) atoms. The van der Waals surface area contributed by atoms with Crippen molar-refractivity contribution in [2.75, 3.05) is 26.1 Å². The van der Waals surface area contributed by atoms with Gasteiger partial charge in [0.2, 0.25) is 11.8 Å². The Balaban J connectivity index is 1.39. The van der Waals surface area contributed by atoms with Crippen molar-refractivity contribution in [2.45, 2.75) is 38.6 Å². The average Bonchev–Trinajstić information content (AvgIpc) is 3.07. The van der Waals surface area contributed by atoms with E-state index in [-0.39, 0.29) is 17.7 Å². The van der Waals surface area contributed by atoms with Crippen LogP contribution < -0.4 is 14.8 Å². The summed E-state index contributed by atoms with van der Waals surface area (Å²) in [6.45, 7) is 1.18. The zero-order chi connectivity index (χ0) is 20.4. The van der Waals surface area contributed by atoms with Crippen LogP contribution in [-0.4, -0.2) is 42.5 Å². The van der Waals surface area contributed by atoms with Gasteiger partial charge in [-0.15, -0.1) is 0 Å². The Morgan fingerprint density at radius 3 is 2.72 bits per heavy atom. The van der Waals surface area contributed by atoms with Gasteiger partial charge in [0.05, 0.1) is 32.9 Å². The highest BCUT2D eigenvalue weighted by molar-refractivity contribution is 7.15. The summed E-state index contributed by atoms with van der Waals surface area (Å²) in [5.74, 6) is 1.54. The third-order valence-electron chi connectivity index (χ3n) is 5.59. The van der Waals surface area contributed by atoms with Crippen molar-refractivity contribution < 1.29 is 19.1 Å².